The van der Waals surface area contributed by atoms with Gasteiger partial charge in [-0.2, -0.15) is 0 Å². The van der Waals surface area contributed by atoms with Crippen molar-refractivity contribution in [3.05, 3.63) is 57.8 Å². The third kappa shape index (κ3) is 3.39. The monoisotopic (exact) mass is 311 g/mol. The van der Waals surface area contributed by atoms with Gasteiger partial charge in [0.15, 0.2) is 5.75 Å². The second-order valence-corrected chi connectivity index (χ2v) is 4.64. The molecule has 0 aliphatic carbocycles. The largest absolute Gasteiger partial charge is 0.484 e. The number of aromatic nitrogens is 1. The molecule has 5 nitrogen and oxygen atoms in total. The average Bonchev–Trinajstić information content (AvgIpc) is 2.46. The molecule has 1 heterocycles. The number of halogens is 2. The SMILES string of the molecule is NNC(=O)c1cccc(COc2c(Cl)cccc2Cl)n1. The van der Waals surface area contributed by atoms with E-state index in [9.17, 15) is 4.79 Å². The van der Waals surface area contributed by atoms with E-state index in [-0.39, 0.29) is 12.3 Å². The molecule has 0 radical (unpaired) electrons. The van der Waals surface area contributed by atoms with Crippen LogP contribution in [0.2, 0.25) is 10.0 Å². The van der Waals surface area contributed by atoms with Gasteiger partial charge in [-0.3, -0.25) is 10.2 Å². The Morgan fingerprint density at radius 1 is 1.20 bits per heavy atom. The molecule has 1 aromatic heterocycles. The lowest BCUT2D eigenvalue weighted by atomic mass is 10.3. The van der Waals surface area contributed by atoms with E-state index in [0.29, 0.717) is 21.5 Å². The molecule has 0 unspecified atom stereocenters. The lowest BCUT2D eigenvalue weighted by Crippen LogP contribution is -2.30. The van der Waals surface area contributed by atoms with Crippen molar-refractivity contribution in [3.8, 4) is 5.75 Å². The van der Waals surface area contributed by atoms with Crippen LogP contribution in [0, 0.1) is 0 Å². The predicted molar refractivity (Wildman–Crippen MR) is 76.7 cm³/mol. The first-order valence-electron chi connectivity index (χ1n) is 5.65. The van der Waals surface area contributed by atoms with E-state index in [0.717, 1.165) is 0 Å². The minimum Gasteiger partial charge on any atom is -0.484 e. The number of rotatable bonds is 4. The highest BCUT2D eigenvalue weighted by Crippen LogP contribution is 2.32. The summed E-state index contributed by atoms with van der Waals surface area (Å²) in [5.74, 6) is 4.96. The molecule has 0 bridgehead atoms. The molecule has 2 aromatic rings. The number of nitrogens with two attached hydrogens (primary N) is 1. The van der Waals surface area contributed by atoms with Gasteiger partial charge in [-0.05, 0) is 24.3 Å². The van der Waals surface area contributed by atoms with Gasteiger partial charge in [-0.25, -0.2) is 10.8 Å². The predicted octanol–water partition coefficient (Wildman–Crippen LogP) is 2.57. The first kappa shape index (κ1) is 14.6. The normalized spacial score (nSPS) is 10.2. The number of carbonyl (C=O) groups is 1. The summed E-state index contributed by atoms with van der Waals surface area (Å²) in [6, 6.07) is 10.0. The van der Waals surface area contributed by atoms with E-state index in [4.69, 9.17) is 33.8 Å². The number of hydrazine groups is 1. The maximum Gasteiger partial charge on any atom is 0.283 e. The van der Waals surface area contributed by atoms with E-state index < -0.39 is 5.91 Å². The van der Waals surface area contributed by atoms with Crippen LogP contribution in [0.5, 0.6) is 5.75 Å². The number of hydrogen-bond acceptors (Lipinski definition) is 4. The van der Waals surface area contributed by atoms with Crippen molar-refractivity contribution in [3.63, 3.8) is 0 Å². The van der Waals surface area contributed by atoms with Crippen LogP contribution in [0.25, 0.3) is 0 Å². The van der Waals surface area contributed by atoms with Crippen LogP contribution in [0.15, 0.2) is 36.4 Å². The number of carbonyl (C=O) groups excluding carboxylic acids is 1. The highest BCUT2D eigenvalue weighted by Gasteiger charge is 2.09. The van der Waals surface area contributed by atoms with Crippen LogP contribution in [0.4, 0.5) is 0 Å². The quantitative estimate of drug-likeness (QED) is 0.517. The summed E-state index contributed by atoms with van der Waals surface area (Å²) in [6.07, 6.45) is 0. The zero-order valence-electron chi connectivity index (χ0n) is 10.3. The van der Waals surface area contributed by atoms with Gasteiger partial charge in [0, 0.05) is 0 Å². The van der Waals surface area contributed by atoms with Crippen molar-refractivity contribution in [2.75, 3.05) is 0 Å². The number of hydrogen-bond donors (Lipinski definition) is 2. The van der Waals surface area contributed by atoms with E-state index in [1.54, 1.807) is 36.4 Å². The molecule has 104 valence electrons. The molecule has 0 saturated carbocycles. The molecular formula is C13H11Cl2N3O2. The van der Waals surface area contributed by atoms with Crippen LogP contribution in [0.3, 0.4) is 0 Å². The zero-order valence-corrected chi connectivity index (χ0v) is 11.8. The summed E-state index contributed by atoms with van der Waals surface area (Å²) >= 11 is 12.0. The van der Waals surface area contributed by atoms with Crippen molar-refractivity contribution in [1.82, 2.24) is 10.4 Å². The Morgan fingerprint density at radius 3 is 2.50 bits per heavy atom. The number of ether oxygens (including phenoxy) is 1. The summed E-state index contributed by atoms with van der Waals surface area (Å²) in [5.41, 5.74) is 2.78. The number of benzene rings is 1. The first-order valence-corrected chi connectivity index (χ1v) is 6.41. The molecule has 0 aliphatic heterocycles. The number of amides is 1. The topological polar surface area (TPSA) is 77.2 Å². The minimum absolute atomic E-state index is 0.134. The number of nitrogen functional groups attached to an aromatic ring is 1. The van der Waals surface area contributed by atoms with Gasteiger partial charge in [0.25, 0.3) is 5.91 Å². The van der Waals surface area contributed by atoms with Crippen LogP contribution >= 0.6 is 23.2 Å². The van der Waals surface area contributed by atoms with Gasteiger partial charge in [0.2, 0.25) is 0 Å². The molecular weight excluding hydrogens is 301 g/mol. The third-order valence-corrected chi connectivity index (χ3v) is 3.05. The Morgan fingerprint density at radius 2 is 1.85 bits per heavy atom. The van der Waals surface area contributed by atoms with Crippen molar-refractivity contribution < 1.29 is 9.53 Å². The number of para-hydroxylation sites is 1. The Labute approximate surface area is 125 Å². The van der Waals surface area contributed by atoms with Crippen molar-refractivity contribution in [2.24, 2.45) is 5.84 Å². The fourth-order valence-corrected chi connectivity index (χ4v) is 2.03. The molecule has 1 aromatic carbocycles. The van der Waals surface area contributed by atoms with E-state index in [1.807, 2.05) is 5.43 Å². The summed E-state index contributed by atoms with van der Waals surface area (Å²) < 4.78 is 5.53. The van der Waals surface area contributed by atoms with Gasteiger partial charge in [0.05, 0.1) is 15.7 Å². The van der Waals surface area contributed by atoms with E-state index in [1.165, 1.54) is 0 Å². The molecule has 0 fully saturated rings. The van der Waals surface area contributed by atoms with Crippen molar-refractivity contribution in [2.45, 2.75) is 6.61 Å². The summed E-state index contributed by atoms with van der Waals surface area (Å²) in [6.45, 7) is 0.134. The van der Waals surface area contributed by atoms with Crippen molar-refractivity contribution >= 4 is 29.1 Å². The van der Waals surface area contributed by atoms with Crippen LogP contribution in [0.1, 0.15) is 16.2 Å². The fraction of sp³-hybridized carbons (Fsp3) is 0.0769. The highest BCUT2D eigenvalue weighted by molar-refractivity contribution is 6.37. The fourth-order valence-electron chi connectivity index (χ4n) is 1.53. The van der Waals surface area contributed by atoms with Gasteiger partial charge in [0.1, 0.15) is 12.3 Å². The number of nitrogens with zero attached hydrogens (tertiary/aromatic N) is 1. The number of nitrogens with one attached hydrogen (secondary N) is 1. The Kier molecular flexibility index (Phi) is 4.79. The first-order chi connectivity index (χ1) is 9.61. The lowest BCUT2D eigenvalue weighted by Gasteiger charge is -2.09. The molecule has 0 aliphatic rings. The summed E-state index contributed by atoms with van der Waals surface area (Å²) in [5, 5.41) is 0.821. The highest BCUT2D eigenvalue weighted by atomic mass is 35.5. The molecule has 0 saturated heterocycles. The Balaban J connectivity index is 2.13. The molecule has 20 heavy (non-hydrogen) atoms. The van der Waals surface area contributed by atoms with E-state index in [2.05, 4.69) is 4.98 Å². The molecule has 2 rings (SSSR count). The Bertz CT molecular complexity index is 615. The molecule has 0 spiro atoms. The maximum atomic E-state index is 11.4. The van der Waals surface area contributed by atoms with Gasteiger partial charge in [-0.15, -0.1) is 0 Å². The molecule has 0 atom stereocenters. The van der Waals surface area contributed by atoms with Crippen LogP contribution < -0.4 is 16.0 Å². The van der Waals surface area contributed by atoms with Crippen LogP contribution in [-0.2, 0) is 6.61 Å². The average molecular weight is 312 g/mol. The van der Waals surface area contributed by atoms with Crippen molar-refractivity contribution in [1.29, 1.82) is 0 Å². The summed E-state index contributed by atoms with van der Waals surface area (Å²) in [7, 11) is 0. The molecule has 7 heteroatoms. The third-order valence-electron chi connectivity index (χ3n) is 2.45. The number of pyridine rings is 1. The Hall–Kier alpha value is -1.82. The van der Waals surface area contributed by atoms with Gasteiger partial charge >= 0.3 is 0 Å². The van der Waals surface area contributed by atoms with Crippen LogP contribution in [-0.4, -0.2) is 10.9 Å². The van der Waals surface area contributed by atoms with Gasteiger partial charge < -0.3 is 4.74 Å². The summed E-state index contributed by atoms with van der Waals surface area (Å²) in [4.78, 5) is 15.5. The standard InChI is InChI=1S/C13H11Cl2N3O2/c14-9-4-2-5-10(15)12(9)20-7-8-3-1-6-11(17-8)13(19)18-16/h1-6H,7,16H2,(H,18,19). The second kappa shape index (κ2) is 6.56. The zero-order chi connectivity index (χ0) is 14.5. The lowest BCUT2D eigenvalue weighted by molar-refractivity contribution is 0.0948. The minimum atomic E-state index is -0.470. The molecule has 1 amide bonds. The van der Waals surface area contributed by atoms with E-state index >= 15 is 0 Å². The van der Waals surface area contributed by atoms with Gasteiger partial charge in [-0.1, -0.05) is 35.3 Å². The maximum absolute atomic E-state index is 11.4. The second-order valence-electron chi connectivity index (χ2n) is 3.83. The smallest absolute Gasteiger partial charge is 0.283 e. The molecule has 3 N–H and O–H groups in total.